The second kappa shape index (κ2) is 5.55. The Morgan fingerprint density at radius 3 is 2.95 bits per heavy atom. The van der Waals surface area contributed by atoms with Crippen molar-refractivity contribution < 1.29 is 9.53 Å². The van der Waals surface area contributed by atoms with Crippen LogP contribution in [0.25, 0.3) is 10.9 Å². The summed E-state index contributed by atoms with van der Waals surface area (Å²) in [4.78, 5) is 16.2. The van der Waals surface area contributed by atoms with Crippen molar-refractivity contribution in [2.24, 2.45) is 0 Å². The van der Waals surface area contributed by atoms with E-state index in [0.717, 1.165) is 16.5 Å². The molecule has 1 aromatic heterocycles. The first kappa shape index (κ1) is 13.8. The summed E-state index contributed by atoms with van der Waals surface area (Å²) < 4.78 is 4.99. The fourth-order valence-electron chi connectivity index (χ4n) is 1.84. The minimum Gasteiger partial charge on any atom is -0.372 e. The Balaban J connectivity index is 2.51. The first-order valence-electron chi connectivity index (χ1n) is 5.92. The summed E-state index contributed by atoms with van der Waals surface area (Å²) in [7, 11) is 1.49. The van der Waals surface area contributed by atoms with E-state index in [1.165, 1.54) is 7.11 Å². The van der Waals surface area contributed by atoms with Crippen LogP contribution in [0.3, 0.4) is 0 Å². The fourth-order valence-corrected chi connectivity index (χ4v) is 2.15. The molecule has 5 heteroatoms. The van der Waals surface area contributed by atoms with Gasteiger partial charge in [-0.2, -0.15) is 0 Å². The highest BCUT2D eigenvalue weighted by Crippen LogP contribution is 2.32. The molecular formula is C14H15ClN2O2. The normalized spacial score (nSPS) is 12.4. The number of fused-ring (bicyclic) bond motifs is 1. The Labute approximate surface area is 116 Å². The molecule has 0 aliphatic rings. The van der Waals surface area contributed by atoms with Gasteiger partial charge >= 0.3 is 0 Å². The van der Waals surface area contributed by atoms with Crippen LogP contribution in [-0.2, 0) is 9.53 Å². The second-order valence-electron chi connectivity index (χ2n) is 4.32. The molecule has 0 saturated heterocycles. The zero-order valence-corrected chi connectivity index (χ0v) is 11.8. The number of hydrogen-bond acceptors (Lipinski definition) is 3. The molecule has 1 aromatic carbocycles. The molecule has 1 unspecified atom stereocenters. The molecule has 2 rings (SSSR count). The number of nitrogens with zero attached hydrogens (tertiary/aromatic N) is 1. The number of anilines is 1. The molecule has 0 aliphatic carbocycles. The summed E-state index contributed by atoms with van der Waals surface area (Å²) in [5.41, 5.74) is 2.37. The van der Waals surface area contributed by atoms with Crippen molar-refractivity contribution in [2.45, 2.75) is 20.0 Å². The Bertz CT molecular complexity index is 628. The van der Waals surface area contributed by atoms with Gasteiger partial charge in [-0.15, -0.1) is 0 Å². The maximum Gasteiger partial charge on any atom is 0.253 e. The van der Waals surface area contributed by atoms with Crippen molar-refractivity contribution in [1.82, 2.24) is 4.98 Å². The predicted octanol–water partition coefficient (Wildman–Crippen LogP) is 3.17. The smallest absolute Gasteiger partial charge is 0.253 e. The number of benzene rings is 1. The summed E-state index contributed by atoms with van der Waals surface area (Å²) in [5, 5.41) is 4.11. The lowest BCUT2D eigenvalue weighted by Crippen LogP contribution is -2.26. The summed E-state index contributed by atoms with van der Waals surface area (Å²) in [6.45, 7) is 3.61. The summed E-state index contributed by atoms with van der Waals surface area (Å²) in [6.07, 6.45) is 1.18. The van der Waals surface area contributed by atoms with Gasteiger partial charge in [0.1, 0.15) is 6.10 Å². The average Bonchev–Trinajstić information content (AvgIpc) is 2.42. The standard InChI is InChI=1S/C14H15ClN2O2/c1-8-7-11(15)13(17-14(18)9(2)19-3)10-5-4-6-16-12(8)10/h4-7,9H,1-3H3,(H,17,18). The minimum atomic E-state index is -0.538. The zero-order valence-electron chi connectivity index (χ0n) is 11.0. The maximum absolute atomic E-state index is 11.9. The molecular weight excluding hydrogens is 264 g/mol. The van der Waals surface area contributed by atoms with Gasteiger partial charge in [-0.1, -0.05) is 11.6 Å². The van der Waals surface area contributed by atoms with E-state index >= 15 is 0 Å². The molecule has 0 saturated carbocycles. The van der Waals surface area contributed by atoms with E-state index in [1.807, 2.05) is 19.1 Å². The van der Waals surface area contributed by atoms with Crippen molar-refractivity contribution in [2.75, 3.05) is 12.4 Å². The lowest BCUT2D eigenvalue weighted by atomic mass is 10.1. The average molecular weight is 279 g/mol. The molecule has 0 aliphatic heterocycles. The van der Waals surface area contributed by atoms with E-state index in [1.54, 1.807) is 19.2 Å². The van der Waals surface area contributed by atoms with Gasteiger partial charge in [0.25, 0.3) is 5.91 Å². The van der Waals surface area contributed by atoms with Gasteiger partial charge in [0.15, 0.2) is 0 Å². The molecule has 1 N–H and O–H groups in total. The van der Waals surface area contributed by atoms with E-state index in [4.69, 9.17) is 16.3 Å². The molecule has 0 bridgehead atoms. The first-order valence-corrected chi connectivity index (χ1v) is 6.30. The Kier molecular flexibility index (Phi) is 4.02. The topological polar surface area (TPSA) is 51.2 Å². The lowest BCUT2D eigenvalue weighted by molar-refractivity contribution is -0.124. The van der Waals surface area contributed by atoms with Gasteiger partial charge in [-0.3, -0.25) is 9.78 Å². The van der Waals surface area contributed by atoms with E-state index in [2.05, 4.69) is 10.3 Å². The highest BCUT2D eigenvalue weighted by atomic mass is 35.5. The van der Waals surface area contributed by atoms with Crippen LogP contribution in [0.1, 0.15) is 12.5 Å². The van der Waals surface area contributed by atoms with Gasteiger partial charge in [0, 0.05) is 18.7 Å². The van der Waals surface area contributed by atoms with E-state index in [9.17, 15) is 4.79 Å². The van der Waals surface area contributed by atoms with E-state index in [-0.39, 0.29) is 5.91 Å². The van der Waals surface area contributed by atoms with Gasteiger partial charge in [-0.05, 0) is 37.6 Å². The predicted molar refractivity (Wildman–Crippen MR) is 76.6 cm³/mol. The second-order valence-corrected chi connectivity index (χ2v) is 4.72. The molecule has 0 spiro atoms. The van der Waals surface area contributed by atoms with E-state index in [0.29, 0.717) is 10.7 Å². The highest BCUT2D eigenvalue weighted by molar-refractivity contribution is 6.35. The molecule has 1 heterocycles. The summed E-state index contributed by atoms with van der Waals surface area (Å²) in [5.74, 6) is -0.238. The van der Waals surface area contributed by atoms with Crippen molar-refractivity contribution in [1.29, 1.82) is 0 Å². The molecule has 19 heavy (non-hydrogen) atoms. The summed E-state index contributed by atoms with van der Waals surface area (Å²) >= 11 is 6.22. The third-order valence-corrected chi connectivity index (χ3v) is 3.30. The highest BCUT2D eigenvalue weighted by Gasteiger charge is 2.16. The van der Waals surface area contributed by atoms with Gasteiger partial charge in [-0.25, -0.2) is 0 Å². The number of aryl methyl sites for hydroxylation is 1. The van der Waals surface area contributed by atoms with Crippen LogP contribution >= 0.6 is 11.6 Å². The molecule has 0 radical (unpaired) electrons. The summed E-state index contributed by atoms with van der Waals surface area (Å²) in [6, 6.07) is 5.49. The number of aromatic nitrogens is 1. The SMILES string of the molecule is COC(C)C(=O)Nc1c(Cl)cc(C)c2ncccc12. The number of ether oxygens (including phenoxy) is 1. The number of carbonyl (C=O) groups excluding carboxylic acids is 1. The van der Waals surface area contributed by atoms with Crippen molar-refractivity contribution in [3.63, 3.8) is 0 Å². The molecule has 1 amide bonds. The van der Waals surface area contributed by atoms with Crippen molar-refractivity contribution in [3.8, 4) is 0 Å². The van der Waals surface area contributed by atoms with E-state index < -0.39 is 6.10 Å². The minimum absolute atomic E-state index is 0.238. The first-order chi connectivity index (χ1) is 9.04. The number of carbonyl (C=O) groups is 1. The van der Waals surface area contributed by atoms with Crippen molar-refractivity contribution in [3.05, 3.63) is 35.0 Å². The maximum atomic E-state index is 11.9. The Morgan fingerprint density at radius 1 is 1.53 bits per heavy atom. The number of hydrogen-bond donors (Lipinski definition) is 1. The lowest BCUT2D eigenvalue weighted by Gasteiger charge is -2.14. The Morgan fingerprint density at radius 2 is 2.26 bits per heavy atom. The zero-order chi connectivity index (χ0) is 14.0. The number of methoxy groups -OCH3 is 1. The molecule has 0 fully saturated rings. The number of amides is 1. The third kappa shape index (κ3) is 2.69. The molecule has 1 atom stereocenters. The number of halogens is 1. The Hall–Kier alpha value is -1.65. The van der Waals surface area contributed by atoms with Crippen LogP contribution in [0, 0.1) is 6.92 Å². The van der Waals surface area contributed by atoms with Gasteiger partial charge in [0.2, 0.25) is 0 Å². The molecule has 100 valence electrons. The monoisotopic (exact) mass is 278 g/mol. The fraction of sp³-hybridized carbons (Fsp3) is 0.286. The van der Waals surface area contributed by atoms with Crippen molar-refractivity contribution >= 4 is 34.1 Å². The number of pyridine rings is 1. The van der Waals surface area contributed by atoms with Gasteiger partial charge < -0.3 is 10.1 Å². The van der Waals surface area contributed by atoms with Crippen LogP contribution in [0.2, 0.25) is 5.02 Å². The van der Waals surface area contributed by atoms with Crippen LogP contribution < -0.4 is 5.32 Å². The quantitative estimate of drug-likeness (QED) is 0.938. The van der Waals surface area contributed by atoms with Crippen LogP contribution in [0.5, 0.6) is 0 Å². The molecule has 4 nitrogen and oxygen atoms in total. The largest absolute Gasteiger partial charge is 0.372 e. The van der Waals surface area contributed by atoms with Gasteiger partial charge in [0.05, 0.1) is 16.2 Å². The van der Waals surface area contributed by atoms with Crippen LogP contribution in [-0.4, -0.2) is 24.1 Å². The molecule has 2 aromatic rings. The van der Waals surface area contributed by atoms with Crippen LogP contribution in [0.4, 0.5) is 5.69 Å². The third-order valence-electron chi connectivity index (χ3n) is 3.00. The number of nitrogens with one attached hydrogen (secondary N) is 1. The van der Waals surface area contributed by atoms with Crippen LogP contribution in [0.15, 0.2) is 24.4 Å². The number of rotatable bonds is 3.